The molecule has 0 spiro atoms. The summed E-state index contributed by atoms with van der Waals surface area (Å²) >= 11 is 0. The summed E-state index contributed by atoms with van der Waals surface area (Å²) in [5, 5.41) is 3.45. The second-order valence-electron chi connectivity index (χ2n) is 5.19. The van der Waals surface area contributed by atoms with Crippen LogP contribution in [0, 0.1) is 11.8 Å². The lowest BCUT2D eigenvalue weighted by Crippen LogP contribution is -2.30. The van der Waals surface area contributed by atoms with E-state index in [1.165, 1.54) is 19.3 Å². The number of nitrogens with one attached hydrogen (secondary N) is 2. The topological polar surface area (TPSA) is 75.9 Å². The Morgan fingerprint density at radius 3 is 2.41 bits per heavy atom. The fourth-order valence-corrected chi connectivity index (χ4v) is 2.78. The summed E-state index contributed by atoms with van der Waals surface area (Å²) in [5.41, 5.74) is 2.51. The molecule has 1 aromatic heterocycles. The Hall–Kier alpha value is -1.36. The number of nitrogens with zero attached hydrogens (tertiary/aromatic N) is 2. The molecule has 1 heterocycles. The number of anilines is 2. The predicted molar refractivity (Wildman–Crippen MR) is 69.4 cm³/mol. The van der Waals surface area contributed by atoms with E-state index in [4.69, 9.17) is 5.84 Å². The number of nitrogen functional groups attached to an aromatic ring is 1. The second-order valence-corrected chi connectivity index (χ2v) is 5.19. The van der Waals surface area contributed by atoms with Gasteiger partial charge >= 0.3 is 0 Å². The summed E-state index contributed by atoms with van der Waals surface area (Å²) in [6.45, 7) is 4.63. The molecule has 0 bridgehead atoms. The monoisotopic (exact) mass is 235 g/mol. The third-order valence-electron chi connectivity index (χ3n) is 3.31. The minimum atomic E-state index is 0.496. The molecule has 1 aromatic rings. The van der Waals surface area contributed by atoms with Gasteiger partial charge in [-0.25, -0.2) is 10.8 Å². The molecule has 0 aliphatic heterocycles. The molecule has 1 saturated carbocycles. The molecule has 17 heavy (non-hydrogen) atoms. The highest BCUT2D eigenvalue weighted by molar-refractivity contribution is 5.41. The van der Waals surface area contributed by atoms with E-state index < -0.39 is 0 Å². The summed E-state index contributed by atoms with van der Waals surface area (Å²) in [6.07, 6.45) is 7.08. The summed E-state index contributed by atoms with van der Waals surface area (Å²) < 4.78 is 0. The van der Waals surface area contributed by atoms with Crippen molar-refractivity contribution in [2.45, 2.75) is 39.2 Å². The van der Waals surface area contributed by atoms with Crippen molar-refractivity contribution in [1.29, 1.82) is 0 Å². The maximum atomic E-state index is 5.32. The Balaban J connectivity index is 1.99. The van der Waals surface area contributed by atoms with Gasteiger partial charge in [-0.1, -0.05) is 13.8 Å². The molecule has 5 nitrogen and oxygen atoms in total. The number of rotatable bonds is 3. The standard InChI is InChI=1S/C12H21N5/c1-8-3-9(2)5-10(4-8)15-11-6-14-7-12(16-11)17-13/h6-10H,3-5,13H2,1-2H3,(H2,15,16,17). The molecule has 2 rings (SSSR count). The van der Waals surface area contributed by atoms with Crippen molar-refractivity contribution in [3.05, 3.63) is 12.4 Å². The Labute approximate surface area is 102 Å². The molecule has 94 valence electrons. The van der Waals surface area contributed by atoms with E-state index in [1.807, 2.05) is 0 Å². The third kappa shape index (κ3) is 3.30. The molecule has 1 aliphatic rings. The summed E-state index contributed by atoms with van der Waals surface area (Å²) in [5.74, 6) is 8.26. The highest BCUT2D eigenvalue weighted by Crippen LogP contribution is 2.30. The zero-order chi connectivity index (χ0) is 12.3. The van der Waals surface area contributed by atoms with Crippen LogP contribution in [-0.4, -0.2) is 16.0 Å². The first-order valence-corrected chi connectivity index (χ1v) is 6.22. The number of aromatic nitrogens is 2. The van der Waals surface area contributed by atoms with Crippen molar-refractivity contribution in [2.75, 3.05) is 10.7 Å². The van der Waals surface area contributed by atoms with E-state index in [9.17, 15) is 0 Å². The molecule has 1 aliphatic carbocycles. The first-order chi connectivity index (χ1) is 8.17. The van der Waals surface area contributed by atoms with Crippen LogP contribution in [0.1, 0.15) is 33.1 Å². The lowest BCUT2D eigenvalue weighted by molar-refractivity contribution is 0.280. The van der Waals surface area contributed by atoms with Gasteiger partial charge in [0.15, 0.2) is 5.82 Å². The molecule has 1 fully saturated rings. The number of hydrogen-bond donors (Lipinski definition) is 3. The zero-order valence-electron chi connectivity index (χ0n) is 10.5. The SMILES string of the molecule is CC1CC(C)CC(Nc2cncc(NN)n2)C1. The number of nitrogens with two attached hydrogens (primary N) is 1. The van der Waals surface area contributed by atoms with Crippen LogP contribution in [0.5, 0.6) is 0 Å². The fraction of sp³-hybridized carbons (Fsp3) is 0.667. The zero-order valence-corrected chi connectivity index (χ0v) is 10.5. The fourth-order valence-electron chi connectivity index (χ4n) is 2.78. The van der Waals surface area contributed by atoms with Crippen molar-refractivity contribution >= 4 is 11.6 Å². The molecular formula is C12H21N5. The normalized spacial score (nSPS) is 28.8. The van der Waals surface area contributed by atoms with Crippen LogP contribution in [0.3, 0.4) is 0 Å². The Bertz CT molecular complexity index is 358. The summed E-state index contributed by atoms with van der Waals surface area (Å²) in [6, 6.07) is 0.496. The van der Waals surface area contributed by atoms with Gasteiger partial charge in [0.1, 0.15) is 5.82 Å². The largest absolute Gasteiger partial charge is 0.366 e. The average Bonchev–Trinajstić information content (AvgIpc) is 2.28. The Kier molecular flexibility index (Phi) is 3.78. The quantitative estimate of drug-likeness (QED) is 0.552. The van der Waals surface area contributed by atoms with Crippen LogP contribution in [0.25, 0.3) is 0 Å². The van der Waals surface area contributed by atoms with E-state index in [2.05, 4.69) is 34.6 Å². The van der Waals surface area contributed by atoms with Crippen LogP contribution in [0.4, 0.5) is 11.6 Å². The average molecular weight is 235 g/mol. The molecular weight excluding hydrogens is 214 g/mol. The van der Waals surface area contributed by atoms with Crippen molar-refractivity contribution in [3.8, 4) is 0 Å². The first-order valence-electron chi connectivity index (χ1n) is 6.22. The van der Waals surface area contributed by atoms with E-state index >= 15 is 0 Å². The van der Waals surface area contributed by atoms with Gasteiger partial charge < -0.3 is 10.7 Å². The Morgan fingerprint density at radius 2 is 1.76 bits per heavy atom. The van der Waals surface area contributed by atoms with Gasteiger partial charge in [-0.05, 0) is 31.1 Å². The van der Waals surface area contributed by atoms with Crippen molar-refractivity contribution in [1.82, 2.24) is 9.97 Å². The van der Waals surface area contributed by atoms with E-state index in [-0.39, 0.29) is 0 Å². The second kappa shape index (κ2) is 5.31. The predicted octanol–water partition coefficient (Wildman–Crippen LogP) is 2.00. The van der Waals surface area contributed by atoms with Gasteiger partial charge in [-0.15, -0.1) is 0 Å². The molecule has 0 aromatic carbocycles. The van der Waals surface area contributed by atoms with Gasteiger partial charge in [-0.2, -0.15) is 0 Å². The van der Waals surface area contributed by atoms with Crippen LogP contribution in [0.2, 0.25) is 0 Å². The molecule has 0 amide bonds. The molecule has 2 unspecified atom stereocenters. The van der Waals surface area contributed by atoms with Crippen molar-refractivity contribution in [2.24, 2.45) is 17.7 Å². The first kappa shape index (κ1) is 12.1. The van der Waals surface area contributed by atoms with Crippen LogP contribution in [-0.2, 0) is 0 Å². The summed E-state index contributed by atoms with van der Waals surface area (Å²) in [4.78, 5) is 8.42. The molecule has 0 radical (unpaired) electrons. The van der Waals surface area contributed by atoms with Crippen molar-refractivity contribution in [3.63, 3.8) is 0 Å². The maximum Gasteiger partial charge on any atom is 0.160 e. The minimum absolute atomic E-state index is 0.496. The van der Waals surface area contributed by atoms with Crippen LogP contribution < -0.4 is 16.6 Å². The van der Waals surface area contributed by atoms with Gasteiger partial charge in [0.2, 0.25) is 0 Å². The lowest BCUT2D eigenvalue weighted by Gasteiger charge is -2.32. The smallest absolute Gasteiger partial charge is 0.160 e. The third-order valence-corrected chi connectivity index (χ3v) is 3.31. The summed E-state index contributed by atoms with van der Waals surface area (Å²) in [7, 11) is 0. The number of hydrazine groups is 1. The van der Waals surface area contributed by atoms with Gasteiger partial charge in [-0.3, -0.25) is 4.98 Å². The maximum absolute atomic E-state index is 5.32. The highest BCUT2D eigenvalue weighted by atomic mass is 15.3. The van der Waals surface area contributed by atoms with Gasteiger partial charge in [0, 0.05) is 6.04 Å². The molecule has 5 heteroatoms. The Morgan fingerprint density at radius 1 is 1.12 bits per heavy atom. The van der Waals surface area contributed by atoms with Crippen LogP contribution >= 0.6 is 0 Å². The van der Waals surface area contributed by atoms with E-state index in [1.54, 1.807) is 12.4 Å². The molecule has 4 N–H and O–H groups in total. The van der Waals surface area contributed by atoms with Crippen LogP contribution in [0.15, 0.2) is 12.4 Å². The van der Waals surface area contributed by atoms with Crippen molar-refractivity contribution < 1.29 is 0 Å². The molecule has 2 atom stereocenters. The highest BCUT2D eigenvalue weighted by Gasteiger charge is 2.23. The minimum Gasteiger partial charge on any atom is -0.366 e. The van der Waals surface area contributed by atoms with Gasteiger partial charge in [0.25, 0.3) is 0 Å². The van der Waals surface area contributed by atoms with E-state index in [0.717, 1.165) is 17.7 Å². The number of hydrogen-bond acceptors (Lipinski definition) is 5. The van der Waals surface area contributed by atoms with Gasteiger partial charge in [0.05, 0.1) is 12.4 Å². The lowest BCUT2D eigenvalue weighted by atomic mass is 9.80. The van der Waals surface area contributed by atoms with E-state index in [0.29, 0.717) is 11.9 Å². The molecule has 0 saturated heterocycles.